The van der Waals surface area contributed by atoms with Crippen LogP contribution in [0.2, 0.25) is 0 Å². The maximum Gasteiger partial charge on any atom is 0.269 e. The van der Waals surface area contributed by atoms with Crippen LogP contribution in [-0.4, -0.2) is 33.8 Å². The first-order valence-electron chi connectivity index (χ1n) is 12.0. The molecule has 0 heterocycles. The molecule has 10 heteroatoms. The molecule has 196 valence electrons. The summed E-state index contributed by atoms with van der Waals surface area (Å²) >= 11 is 3.49. The molecule has 39 heavy (non-hydrogen) atoms. The molecule has 0 aliphatic rings. The van der Waals surface area contributed by atoms with Gasteiger partial charge in [0.1, 0.15) is 0 Å². The van der Waals surface area contributed by atoms with Crippen molar-refractivity contribution in [2.45, 2.75) is 16.2 Å². The molecule has 4 aromatic rings. The number of hydrogen-bond acceptors (Lipinski definition) is 8. The largest absolute Gasteiger partial charge is 0.269 e. The SMILES string of the molecule is O=[N+]([O-])c1ccc(C=Nc2ccccc2SCCCSc2ccccc2N=Cc2ccc([N+](=O)[O-])cc2)cc1. The Balaban J connectivity index is 1.29. The zero-order chi connectivity index (χ0) is 27.5. The molecule has 0 fully saturated rings. The molecule has 4 rings (SSSR count). The number of nitro benzene ring substituents is 2. The van der Waals surface area contributed by atoms with E-state index >= 15 is 0 Å². The minimum Gasteiger partial charge on any atom is -0.258 e. The van der Waals surface area contributed by atoms with E-state index < -0.39 is 9.85 Å². The van der Waals surface area contributed by atoms with Crippen LogP contribution in [-0.2, 0) is 0 Å². The van der Waals surface area contributed by atoms with Crippen LogP contribution in [0.5, 0.6) is 0 Å². The van der Waals surface area contributed by atoms with Crippen molar-refractivity contribution < 1.29 is 9.85 Å². The monoisotopic (exact) mass is 556 g/mol. The van der Waals surface area contributed by atoms with Gasteiger partial charge in [0.05, 0.1) is 21.2 Å². The summed E-state index contributed by atoms with van der Waals surface area (Å²) in [6.45, 7) is 0. The van der Waals surface area contributed by atoms with Crippen molar-refractivity contribution in [1.82, 2.24) is 0 Å². The van der Waals surface area contributed by atoms with Crippen molar-refractivity contribution in [2.24, 2.45) is 9.98 Å². The number of nitro groups is 2. The Hall–Kier alpha value is -4.28. The number of para-hydroxylation sites is 2. The average molecular weight is 557 g/mol. The van der Waals surface area contributed by atoms with E-state index in [1.165, 1.54) is 24.3 Å². The molecule has 8 nitrogen and oxygen atoms in total. The fraction of sp³-hybridized carbons (Fsp3) is 0.103. The summed E-state index contributed by atoms with van der Waals surface area (Å²) < 4.78 is 0. The molecule has 0 saturated carbocycles. The second-order valence-corrected chi connectivity index (χ2v) is 10.5. The third-order valence-corrected chi connectivity index (χ3v) is 7.75. The zero-order valence-electron chi connectivity index (χ0n) is 20.8. The van der Waals surface area contributed by atoms with E-state index in [4.69, 9.17) is 0 Å². The standard InChI is InChI=1S/C29H24N4O4S2/c34-32(35)24-14-10-22(11-15-24)20-30-26-6-1-3-8-28(26)38-18-5-19-39-29-9-4-2-7-27(29)31-21-23-12-16-25(17-13-23)33(36)37/h1-4,6-17,20-21H,5,18-19H2. The maximum atomic E-state index is 10.8. The third-order valence-electron chi connectivity index (χ3n) is 5.45. The number of thioether (sulfide) groups is 2. The summed E-state index contributed by atoms with van der Waals surface area (Å²) in [6, 6.07) is 28.5. The summed E-state index contributed by atoms with van der Waals surface area (Å²) in [5.41, 5.74) is 3.43. The molecular formula is C29H24N4O4S2. The van der Waals surface area contributed by atoms with E-state index in [2.05, 4.69) is 9.98 Å². The smallest absolute Gasteiger partial charge is 0.258 e. The first-order valence-corrected chi connectivity index (χ1v) is 14.0. The second kappa shape index (κ2) is 14.0. The molecule has 0 atom stereocenters. The molecular weight excluding hydrogens is 532 g/mol. The molecule has 4 aromatic carbocycles. The number of non-ortho nitro benzene ring substituents is 2. The first-order chi connectivity index (χ1) is 19.0. The topological polar surface area (TPSA) is 111 Å². The Bertz CT molecular complexity index is 1380. The number of rotatable bonds is 12. The van der Waals surface area contributed by atoms with Gasteiger partial charge in [-0.15, -0.1) is 23.5 Å². The van der Waals surface area contributed by atoms with E-state index in [-0.39, 0.29) is 11.4 Å². The molecule has 0 N–H and O–H groups in total. The Morgan fingerprint density at radius 2 is 0.974 bits per heavy atom. The Morgan fingerprint density at radius 3 is 1.36 bits per heavy atom. The summed E-state index contributed by atoms with van der Waals surface area (Å²) in [4.78, 5) is 32.2. The van der Waals surface area contributed by atoms with E-state index in [0.717, 1.165) is 50.2 Å². The Labute approximate surface area is 234 Å². The minimum absolute atomic E-state index is 0.0555. The van der Waals surface area contributed by atoms with Gasteiger partial charge in [0, 0.05) is 46.5 Å². The van der Waals surface area contributed by atoms with Gasteiger partial charge in [0.25, 0.3) is 11.4 Å². The molecule has 0 bridgehead atoms. The van der Waals surface area contributed by atoms with Crippen LogP contribution in [0, 0.1) is 20.2 Å². The van der Waals surface area contributed by atoms with Gasteiger partial charge >= 0.3 is 0 Å². The first kappa shape index (κ1) is 27.7. The predicted octanol–water partition coefficient (Wildman–Crippen LogP) is 8.28. The van der Waals surface area contributed by atoms with Gasteiger partial charge in [-0.1, -0.05) is 24.3 Å². The van der Waals surface area contributed by atoms with Gasteiger partial charge in [-0.2, -0.15) is 0 Å². The fourth-order valence-corrected chi connectivity index (χ4v) is 5.53. The quantitative estimate of drug-likeness (QED) is 0.0571. The molecule has 0 amide bonds. The molecule has 0 unspecified atom stereocenters. The van der Waals surface area contributed by atoms with E-state index in [1.54, 1.807) is 60.2 Å². The van der Waals surface area contributed by atoms with Crippen LogP contribution in [0.25, 0.3) is 0 Å². The van der Waals surface area contributed by atoms with E-state index in [9.17, 15) is 20.2 Å². The molecule has 0 aliphatic heterocycles. The van der Waals surface area contributed by atoms with Crippen LogP contribution in [0.1, 0.15) is 17.5 Å². The van der Waals surface area contributed by atoms with Crippen LogP contribution < -0.4 is 0 Å². The summed E-state index contributed by atoms with van der Waals surface area (Å²) in [7, 11) is 0. The fourth-order valence-electron chi connectivity index (χ4n) is 3.45. The van der Waals surface area contributed by atoms with Crippen molar-refractivity contribution in [3.63, 3.8) is 0 Å². The summed E-state index contributed by atoms with van der Waals surface area (Å²) in [6.07, 6.45) is 4.41. The molecule has 0 spiro atoms. The van der Waals surface area contributed by atoms with Gasteiger partial charge in [0.2, 0.25) is 0 Å². The number of benzene rings is 4. The summed E-state index contributed by atoms with van der Waals surface area (Å²) in [5.74, 6) is 1.84. The van der Waals surface area contributed by atoms with Gasteiger partial charge in [-0.05, 0) is 77.6 Å². The van der Waals surface area contributed by atoms with Crippen LogP contribution >= 0.6 is 23.5 Å². The lowest BCUT2D eigenvalue weighted by atomic mass is 10.2. The highest BCUT2D eigenvalue weighted by molar-refractivity contribution is 8.00. The lowest BCUT2D eigenvalue weighted by molar-refractivity contribution is -0.385. The Morgan fingerprint density at radius 1 is 0.590 bits per heavy atom. The minimum atomic E-state index is -0.418. The number of aliphatic imine (C=N–C) groups is 2. The van der Waals surface area contributed by atoms with Crippen molar-refractivity contribution in [3.8, 4) is 0 Å². The number of nitrogens with zero attached hydrogens (tertiary/aromatic N) is 4. The molecule has 0 aromatic heterocycles. The van der Waals surface area contributed by atoms with E-state index in [0.29, 0.717) is 0 Å². The third kappa shape index (κ3) is 8.36. The Kier molecular flexibility index (Phi) is 9.98. The van der Waals surface area contributed by atoms with Gasteiger partial charge < -0.3 is 0 Å². The van der Waals surface area contributed by atoms with Crippen molar-refractivity contribution in [3.05, 3.63) is 128 Å². The highest BCUT2D eigenvalue weighted by Gasteiger charge is 2.06. The maximum absolute atomic E-state index is 10.8. The van der Waals surface area contributed by atoms with Crippen LogP contribution in [0.4, 0.5) is 22.7 Å². The van der Waals surface area contributed by atoms with E-state index in [1.807, 2.05) is 48.5 Å². The lowest BCUT2D eigenvalue weighted by Crippen LogP contribution is -1.88. The molecule has 0 radical (unpaired) electrons. The lowest BCUT2D eigenvalue weighted by Gasteiger charge is -2.07. The number of hydrogen-bond donors (Lipinski definition) is 0. The predicted molar refractivity (Wildman–Crippen MR) is 160 cm³/mol. The van der Waals surface area contributed by atoms with Crippen molar-refractivity contribution >= 4 is 58.7 Å². The zero-order valence-corrected chi connectivity index (χ0v) is 22.4. The van der Waals surface area contributed by atoms with Gasteiger partial charge in [-0.25, -0.2) is 0 Å². The van der Waals surface area contributed by atoms with Crippen molar-refractivity contribution in [1.29, 1.82) is 0 Å². The van der Waals surface area contributed by atoms with Crippen molar-refractivity contribution in [2.75, 3.05) is 11.5 Å². The van der Waals surface area contributed by atoms with Crippen LogP contribution in [0.15, 0.2) is 117 Å². The highest BCUT2D eigenvalue weighted by Crippen LogP contribution is 2.32. The van der Waals surface area contributed by atoms with Crippen LogP contribution in [0.3, 0.4) is 0 Å². The second-order valence-electron chi connectivity index (χ2n) is 8.20. The average Bonchev–Trinajstić information content (AvgIpc) is 2.96. The molecule has 0 saturated heterocycles. The highest BCUT2D eigenvalue weighted by atomic mass is 32.2. The molecule has 0 aliphatic carbocycles. The summed E-state index contributed by atoms with van der Waals surface area (Å²) in [5, 5.41) is 21.7. The normalized spacial score (nSPS) is 11.3. The van der Waals surface area contributed by atoms with Gasteiger partial charge in [-0.3, -0.25) is 30.2 Å². The van der Waals surface area contributed by atoms with Gasteiger partial charge in [0.15, 0.2) is 0 Å².